The number of hydrogen-bond donors (Lipinski definition) is 3. The van der Waals surface area contributed by atoms with E-state index in [1.54, 1.807) is 19.1 Å². The second-order valence-electron chi connectivity index (χ2n) is 5.48. The number of carbonyl (C=O) groups is 3. The van der Waals surface area contributed by atoms with E-state index in [0.717, 1.165) is 0 Å². The van der Waals surface area contributed by atoms with Gasteiger partial charge in [-0.2, -0.15) is 0 Å². The maximum atomic E-state index is 12.2. The van der Waals surface area contributed by atoms with Crippen molar-refractivity contribution in [3.63, 3.8) is 0 Å². The first-order valence-corrected chi connectivity index (χ1v) is 8.54. The summed E-state index contributed by atoms with van der Waals surface area (Å²) in [6.07, 6.45) is -0.831. The fraction of sp³-hybridized carbons (Fsp3) is 0.167. The summed E-state index contributed by atoms with van der Waals surface area (Å²) in [5, 5.41) is 14.2. The fourth-order valence-electron chi connectivity index (χ4n) is 2.02. The molecule has 3 N–H and O–H groups in total. The standard InChI is InChI=1S/C18H16Cl2N2O5/c1-10(27-15-7-4-12(19)8-14(15)20)17(25)22-13-5-2-11(3-6-13)18(26)21-9-16(23)24/h2-8,10H,9H2,1H3,(H,21,26)(H,22,25)(H,23,24). The summed E-state index contributed by atoms with van der Waals surface area (Å²) < 4.78 is 5.53. The Morgan fingerprint density at radius 3 is 2.37 bits per heavy atom. The number of carbonyl (C=O) groups excluding carboxylic acids is 2. The number of benzene rings is 2. The molecule has 1 atom stereocenters. The molecule has 142 valence electrons. The molecule has 2 rings (SSSR count). The van der Waals surface area contributed by atoms with Crippen molar-refractivity contribution in [2.24, 2.45) is 0 Å². The Morgan fingerprint density at radius 1 is 1.11 bits per heavy atom. The lowest BCUT2D eigenvalue weighted by Crippen LogP contribution is -2.30. The average Bonchev–Trinajstić information content (AvgIpc) is 2.62. The number of carboxylic acid groups (broad SMARTS) is 1. The third kappa shape index (κ3) is 6.16. The van der Waals surface area contributed by atoms with Gasteiger partial charge in [-0.05, 0) is 49.4 Å². The molecule has 2 aromatic rings. The van der Waals surface area contributed by atoms with E-state index < -0.39 is 30.4 Å². The number of anilines is 1. The summed E-state index contributed by atoms with van der Waals surface area (Å²) in [5.41, 5.74) is 0.721. The second-order valence-corrected chi connectivity index (χ2v) is 6.32. The SMILES string of the molecule is CC(Oc1ccc(Cl)cc1Cl)C(=O)Nc1ccc(C(=O)NCC(=O)O)cc1. The van der Waals surface area contributed by atoms with Crippen LogP contribution in [0.2, 0.25) is 10.0 Å². The minimum atomic E-state index is -1.14. The van der Waals surface area contributed by atoms with E-state index in [-0.39, 0.29) is 5.56 Å². The van der Waals surface area contributed by atoms with Gasteiger partial charge in [0.25, 0.3) is 11.8 Å². The van der Waals surface area contributed by atoms with Gasteiger partial charge in [0.15, 0.2) is 6.10 Å². The molecule has 0 heterocycles. The molecule has 0 aliphatic rings. The summed E-state index contributed by atoms with van der Waals surface area (Å²) in [6, 6.07) is 10.7. The van der Waals surface area contributed by atoms with E-state index in [0.29, 0.717) is 21.5 Å². The van der Waals surface area contributed by atoms with Crippen LogP contribution < -0.4 is 15.4 Å². The molecule has 0 aliphatic heterocycles. The van der Waals surface area contributed by atoms with E-state index in [4.69, 9.17) is 33.0 Å². The van der Waals surface area contributed by atoms with Gasteiger partial charge in [-0.25, -0.2) is 0 Å². The van der Waals surface area contributed by atoms with Crippen LogP contribution in [0.4, 0.5) is 5.69 Å². The minimum Gasteiger partial charge on any atom is -0.480 e. The monoisotopic (exact) mass is 410 g/mol. The van der Waals surface area contributed by atoms with Gasteiger partial charge in [0.05, 0.1) is 5.02 Å². The molecule has 0 bridgehead atoms. The highest BCUT2D eigenvalue weighted by atomic mass is 35.5. The predicted octanol–water partition coefficient (Wildman–Crippen LogP) is 3.21. The van der Waals surface area contributed by atoms with Gasteiger partial charge in [0, 0.05) is 16.3 Å². The molecular weight excluding hydrogens is 395 g/mol. The molecule has 0 aliphatic carbocycles. The maximum Gasteiger partial charge on any atom is 0.322 e. The first-order chi connectivity index (χ1) is 12.8. The Kier molecular flexibility index (Phi) is 7.04. The van der Waals surface area contributed by atoms with Gasteiger partial charge in [-0.15, -0.1) is 0 Å². The van der Waals surface area contributed by atoms with Crippen molar-refractivity contribution < 1.29 is 24.2 Å². The van der Waals surface area contributed by atoms with E-state index in [1.165, 1.54) is 30.3 Å². The third-order valence-electron chi connectivity index (χ3n) is 3.38. The smallest absolute Gasteiger partial charge is 0.322 e. The average molecular weight is 411 g/mol. The third-order valence-corrected chi connectivity index (χ3v) is 3.91. The number of ether oxygens (including phenoxy) is 1. The van der Waals surface area contributed by atoms with Gasteiger partial charge >= 0.3 is 5.97 Å². The van der Waals surface area contributed by atoms with Crippen LogP contribution in [0.1, 0.15) is 17.3 Å². The van der Waals surface area contributed by atoms with E-state index in [2.05, 4.69) is 10.6 Å². The molecule has 2 amide bonds. The van der Waals surface area contributed by atoms with Crippen LogP contribution in [0.25, 0.3) is 0 Å². The number of aliphatic carboxylic acids is 1. The van der Waals surface area contributed by atoms with Crippen LogP contribution in [0.3, 0.4) is 0 Å². The summed E-state index contributed by atoms with van der Waals surface area (Å²) >= 11 is 11.8. The molecule has 0 spiro atoms. The van der Waals surface area contributed by atoms with Gasteiger partial charge in [0.1, 0.15) is 12.3 Å². The van der Waals surface area contributed by atoms with Crippen molar-refractivity contribution in [1.29, 1.82) is 0 Å². The number of amides is 2. The van der Waals surface area contributed by atoms with Crippen molar-refractivity contribution in [2.45, 2.75) is 13.0 Å². The quantitative estimate of drug-likeness (QED) is 0.649. The molecule has 7 nitrogen and oxygen atoms in total. The molecule has 2 aromatic carbocycles. The number of halogens is 2. The van der Waals surface area contributed by atoms with Crippen LogP contribution in [0, 0.1) is 0 Å². The van der Waals surface area contributed by atoms with E-state index in [1.807, 2.05) is 0 Å². The van der Waals surface area contributed by atoms with Crippen molar-refractivity contribution in [3.8, 4) is 5.75 Å². The lowest BCUT2D eigenvalue weighted by Gasteiger charge is -2.16. The Hall–Kier alpha value is -2.77. The first kappa shape index (κ1) is 20.5. The minimum absolute atomic E-state index is 0.270. The van der Waals surface area contributed by atoms with Crippen molar-refractivity contribution in [3.05, 3.63) is 58.1 Å². The van der Waals surface area contributed by atoms with Crippen LogP contribution in [0.5, 0.6) is 5.75 Å². The van der Waals surface area contributed by atoms with Gasteiger partial charge < -0.3 is 20.5 Å². The van der Waals surface area contributed by atoms with Gasteiger partial charge in [-0.3, -0.25) is 14.4 Å². The Morgan fingerprint density at radius 2 is 1.78 bits per heavy atom. The normalized spacial score (nSPS) is 11.4. The molecule has 0 radical (unpaired) electrons. The summed E-state index contributed by atoms with van der Waals surface area (Å²) in [4.78, 5) is 34.4. The Bertz CT molecular complexity index is 855. The molecule has 9 heteroatoms. The Balaban J connectivity index is 1.94. The number of nitrogens with one attached hydrogen (secondary N) is 2. The first-order valence-electron chi connectivity index (χ1n) is 7.79. The second kappa shape index (κ2) is 9.25. The van der Waals surface area contributed by atoms with E-state index in [9.17, 15) is 14.4 Å². The highest BCUT2D eigenvalue weighted by Crippen LogP contribution is 2.28. The zero-order chi connectivity index (χ0) is 20.0. The zero-order valence-electron chi connectivity index (χ0n) is 14.2. The van der Waals surface area contributed by atoms with Gasteiger partial charge in [-0.1, -0.05) is 23.2 Å². The lowest BCUT2D eigenvalue weighted by atomic mass is 10.2. The molecular formula is C18H16Cl2N2O5. The zero-order valence-corrected chi connectivity index (χ0v) is 15.7. The predicted molar refractivity (Wildman–Crippen MR) is 102 cm³/mol. The number of carboxylic acids is 1. The van der Waals surface area contributed by atoms with Crippen molar-refractivity contribution in [2.75, 3.05) is 11.9 Å². The largest absolute Gasteiger partial charge is 0.480 e. The summed E-state index contributed by atoms with van der Waals surface area (Å²) in [7, 11) is 0. The Labute approximate surface area is 165 Å². The van der Waals surface area contributed by atoms with Crippen LogP contribution in [-0.2, 0) is 9.59 Å². The molecule has 0 saturated heterocycles. The van der Waals surface area contributed by atoms with E-state index >= 15 is 0 Å². The van der Waals surface area contributed by atoms with Crippen LogP contribution in [-0.4, -0.2) is 35.5 Å². The lowest BCUT2D eigenvalue weighted by molar-refractivity contribution is -0.135. The summed E-state index contributed by atoms with van der Waals surface area (Å²) in [5.74, 6) is -1.75. The molecule has 0 aromatic heterocycles. The van der Waals surface area contributed by atoms with Crippen molar-refractivity contribution in [1.82, 2.24) is 5.32 Å². The highest BCUT2D eigenvalue weighted by Gasteiger charge is 2.17. The highest BCUT2D eigenvalue weighted by molar-refractivity contribution is 6.35. The fourth-order valence-corrected chi connectivity index (χ4v) is 2.47. The number of hydrogen-bond acceptors (Lipinski definition) is 4. The summed E-state index contributed by atoms with van der Waals surface area (Å²) in [6.45, 7) is 1.09. The molecule has 27 heavy (non-hydrogen) atoms. The topological polar surface area (TPSA) is 105 Å². The molecule has 0 saturated carbocycles. The van der Waals surface area contributed by atoms with Crippen LogP contribution in [0.15, 0.2) is 42.5 Å². The molecule has 1 unspecified atom stereocenters. The molecule has 0 fully saturated rings. The number of rotatable bonds is 7. The van der Waals surface area contributed by atoms with Crippen molar-refractivity contribution >= 4 is 46.7 Å². The van der Waals surface area contributed by atoms with Gasteiger partial charge in [0.2, 0.25) is 0 Å². The van der Waals surface area contributed by atoms with Crippen LogP contribution >= 0.6 is 23.2 Å². The maximum absolute atomic E-state index is 12.2.